The Balaban J connectivity index is 1.16. The number of hydrogen-bond acceptors (Lipinski definition) is 13. The lowest BCUT2D eigenvalue weighted by molar-refractivity contribution is -0.324. The van der Waals surface area contributed by atoms with Gasteiger partial charge < -0.3 is 59.8 Å². The van der Waals surface area contributed by atoms with E-state index in [0.29, 0.717) is 25.2 Å². The van der Waals surface area contributed by atoms with Gasteiger partial charge in [0.15, 0.2) is 12.4 Å². The average Bonchev–Trinajstić information content (AvgIpc) is 3.12. The summed E-state index contributed by atoms with van der Waals surface area (Å²) in [6.07, 6.45) is -6.14. The van der Waals surface area contributed by atoms with Crippen molar-refractivity contribution in [3.8, 4) is 0 Å². The van der Waals surface area contributed by atoms with Gasteiger partial charge in [-0.25, -0.2) is 4.79 Å². The van der Waals surface area contributed by atoms with E-state index >= 15 is 0 Å². The van der Waals surface area contributed by atoms with Crippen LogP contribution < -0.4 is 0 Å². The number of allylic oxidation sites excluding steroid dienone is 2. The number of fused-ring (bicyclic) bond motifs is 7. The fourth-order valence-electron chi connectivity index (χ4n) is 13.5. The number of carbonyl (C=O) groups is 2. The molecule has 0 amide bonds. The monoisotopic (exact) mass is 794 g/mol. The average molecular weight is 795 g/mol. The predicted octanol–water partition coefficient (Wildman–Crippen LogP) is 2.41. The minimum Gasteiger partial charge on any atom is -0.479 e. The lowest BCUT2D eigenvalue weighted by atomic mass is 9.33. The summed E-state index contributed by atoms with van der Waals surface area (Å²) in [6, 6.07) is 0. The van der Waals surface area contributed by atoms with Crippen molar-refractivity contribution in [3.63, 3.8) is 0 Å². The normalized spacial score (nSPS) is 52.3. The summed E-state index contributed by atoms with van der Waals surface area (Å²) in [6.45, 7) is 15.5. The van der Waals surface area contributed by atoms with E-state index < -0.39 is 96.9 Å². The van der Waals surface area contributed by atoms with Gasteiger partial charge in [-0.2, -0.15) is 0 Å². The third-order valence-corrected chi connectivity index (χ3v) is 17.2. The number of esters is 1. The predicted molar refractivity (Wildman–Crippen MR) is 198 cm³/mol. The molecule has 7 rings (SSSR count). The molecule has 14 heteroatoms. The topological polar surface area (TPSA) is 233 Å². The van der Waals surface area contributed by atoms with Crippen molar-refractivity contribution >= 4 is 11.9 Å². The number of carboxylic acids is 1. The van der Waals surface area contributed by atoms with E-state index in [0.717, 1.165) is 44.9 Å². The third-order valence-electron chi connectivity index (χ3n) is 17.2. The molecule has 5 aliphatic carbocycles. The van der Waals surface area contributed by atoms with Crippen molar-refractivity contribution in [2.45, 2.75) is 180 Å². The molecule has 18 atom stereocenters. The quantitative estimate of drug-likeness (QED) is 0.110. The minimum atomic E-state index is -1.79. The fraction of sp³-hybridized carbons (Fsp3) is 0.905. The second-order valence-electron chi connectivity index (χ2n) is 20.7. The number of carbonyl (C=O) groups excluding carboxylic acids is 1. The van der Waals surface area contributed by atoms with Crippen LogP contribution >= 0.6 is 0 Å². The van der Waals surface area contributed by atoms with E-state index in [9.17, 15) is 50.4 Å². The molecule has 0 radical (unpaired) electrons. The fourth-order valence-corrected chi connectivity index (χ4v) is 13.5. The van der Waals surface area contributed by atoms with Crippen molar-refractivity contribution in [2.24, 2.45) is 50.2 Å². The number of aliphatic hydroxyl groups excluding tert-OH is 7. The van der Waals surface area contributed by atoms with E-state index in [-0.39, 0.29) is 33.5 Å². The second kappa shape index (κ2) is 14.2. The van der Waals surface area contributed by atoms with Crippen molar-refractivity contribution in [3.05, 3.63) is 11.6 Å². The molecule has 2 aliphatic heterocycles. The SMILES string of the molecule is CC1(C)CC[C@]2(C(=O)O[C@@H]3O[C@H](CO)[C@@H](O)[C@H](O)[C@H]3O)CC[C@]3(C)C(=CC[C@@H]4[C@@]5(C)CC[C@@H](O[C@@H]6O[C@H](C(=O)O)[C@@H](O)[C@H](O)[C@H]6O)C(C)(C)[C@H]5CC[C@]43C)[C@H]2C1. The molecular formula is C42H66O14. The van der Waals surface area contributed by atoms with Crippen LogP contribution in [0.3, 0.4) is 0 Å². The summed E-state index contributed by atoms with van der Waals surface area (Å²) in [4.78, 5) is 26.4. The molecule has 8 N–H and O–H groups in total. The third kappa shape index (κ3) is 6.17. The molecule has 0 spiro atoms. The highest BCUT2D eigenvalue weighted by Crippen LogP contribution is 2.76. The van der Waals surface area contributed by atoms with Crippen molar-refractivity contribution < 1.29 is 69.4 Å². The first-order chi connectivity index (χ1) is 26.0. The summed E-state index contributed by atoms with van der Waals surface area (Å²) < 4.78 is 23.5. The first-order valence-corrected chi connectivity index (χ1v) is 20.8. The van der Waals surface area contributed by atoms with E-state index in [1.807, 2.05) is 0 Å². The van der Waals surface area contributed by atoms with Crippen LogP contribution in [0.25, 0.3) is 0 Å². The van der Waals surface area contributed by atoms with Crippen LogP contribution in [0.15, 0.2) is 11.6 Å². The van der Waals surface area contributed by atoms with Crippen molar-refractivity contribution in [1.82, 2.24) is 0 Å². The van der Waals surface area contributed by atoms with Gasteiger partial charge in [0.05, 0.1) is 18.1 Å². The maximum absolute atomic E-state index is 14.6. The number of ether oxygens (including phenoxy) is 4. The molecule has 0 bridgehead atoms. The summed E-state index contributed by atoms with van der Waals surface area (Å²) in [7, 11) is 0. The maximum atomic E-state index is 14.6. The lowest BCUT2D eigenvalue weighted by Gasteiger charge is -2.71. The van der Waals surface area contributed by atoms with Crippen molar-refractivity contribution in [2.75, 3.05) is 6.61 Å². The van der Waals surface area contributed by atoms with E-state index in [1.54, 1.807) is 0 Å². The Hall–Kier alpha value is -1.72. The Bertz CT molecular complexity index is 1560. The van der Waals surface area contributed by atoms with Crippen LogP contribution in [0.1, 0.15) is 113 Å². The van der Waals surface area contributed by atoms with Crippen LogP contribution in [0.5, 0.6) is 0 Å². The Kier molecular flexibility index (Phi) is 10.8. The molecule has 2 saturated heterocycles. The van der Waals surface area contributed by atoms with Gasteiger partial charge in [-0.05, 0) is 109 Å². The number of aliphatic hydroxyl groups is 7. The number of aliphatic carboxylic acids is 1. The first-order valence-electron chi connectivity index (χ1n) is 20.8. The number of hydrogen-bond donors (Lipinski definition) is 8. The summed E-state index contributed by atoms with van der Waals surface area (Å²) >= 11 is 0. The maximum Gasteiger partial charge on any atom is 0.335 e. The molecule has 0 unspecified atom stereocenters. The zero-order valence-corrected chi connectivity index (χ0v) is 34.0. The first kappa shape index (κ1) is 42.4. The molecule has 0 aromatic heterocycles. The highest BCUT2D eigenvalue weighted by atomic mass is 16.7. The van der Waals surface area contributed by atoms with Crippen LogP contribution in [0.2, 0.25) is 0 Å². The van der Waals surface area contributed by atoms with Crippen molar-refractivity contribution in [1.29, 1.82) is 0 Å². The lowest BCUT2D eigenvalue weighted by Crippen LogP contribution is -2.66. The van der Waals surface area contributed by atoms with Gasteiger partial charge in [-0.3, -0.25) is 4.79 Å². The zero-order chi connectivity index (χ0) is 41.1. The molecule has 56 heavy (non-hydrogen) atoms. The molecular weight excluding hydrogens is 728 g/mol. The van der Waals surface area contributed by atoms with E-state index in [1.165, 1.54) is 5.57 Å². The molecule has 4 saturated carbocycles. The summed E-state index contributed by atoms with van der Waals surface area (Å²) in [5.74, 6) is -1.52. The second-order valence-corrected chi connectivity index (χ2v) is 20.7. The zero-order valence-electron chi connectivity index (χ0n) is 34.0. The highest BCUT2D eigenvalue weighted by molar-refractivity contribution is 5.79. The summed E-state index contributed by atoms with van der Waals surface area (Å²) in [5.41, 5.74) is -0.448. The number of carboxylic acid groups (broad SMARTS) is 1. The Morgan fingerprint density at radius 3 is 2.05 bits per heavy atom. The Morgan fingerprint density at radius 2 is 1.39 bits per heavy atom. The van der Waals surface area contributed by atoms with Crippen LogP contribution in [-0.2, 0) is 28.5 Å². The van der Waals surface area contributed by atoms with Gasteiger partial charge >= 0.3 is 11.9 Å². The standard InChI is InChI=1S/C42H66O14/c1-37(2)14-16-42(36(52)56-34-30(48)27(45)26(44)22(19-43)53-34)17-15-40(6)20(21(42)18-37)8-9-24-39(5)12-11-25(38(3,4)23(39)10-13-41(24,40)7)54-35-31(49)28(46)29(47)32(55-35)33(50)51/h8,21-32,34-35,43-49H,9-19H2,1-7H3,(H,50,51)/t21-,22-,23-,24-,25-,26-,27+,28+,29+,30-,31-,32+,34+,35-,39+,40-,41-,42+/m1/s1. The van der Waals surface area contributed by atoms with Gasteiger partial charge in [-0.15, -0.1) is 0 Å². The van der Waals surface area contributed by atoms with Gasteiger partial charge in [0.2, 0.25) is 6.29 Å². The molecule has 14 nitrogen and oxygen atoms in total. The molecule has 7 aliphatic rings. The molecule has 318 valence electrons. The van der Waals surface area contributed by atoms with Gasteiger partial charge in [0.1, 0.15) is 42.7 Å². The van der Waals surface area contributed by atoms with Crippen LogP contribution in [-0.4, -0.2) is 127 Å². The Labute approximate surface area is 329 Å². The van der Waals surface area contributed by atoms with Gasteiger partial charge in [-0.1, -0.05) is 60.1 Å². The highest BCUT2D eigenvalue weighted by Gasteiger charge is 2.70. The smallest absolute Gasteiger partial charge is 0.335 e. The van der Waals surface area contributed by atoms with E-state index in [2.05, 4.69) is 54.5 Å². The minimum absolute atomic E-state index is 0.0330. The number of rotatable bonds is 6. The van der Waals surface area contributed by atoms with Crippen LogP contribution in [0, 0.1) is 50.2 Å². The molecule has 0 aromatic rings. The molecule has 0 aromatic carbocycles. The Morgan fingerprint density at radius 1 is 0.750 bits per heavy atom. The molecule has 6 fully saturated rings. The molecule has 2 heterocycles. The van der Waals surface area contributed by atoms with Gasteiger partial charge in [0.25, 0.3) is 0 Å². The van der Waals surface area contributed by atoms with Crippen LogP contribution in [0.4, 0.5) is 0 Å². The summed E-state index contributed by atoms with van der Waals surface area (Å²) in [5, 5.41) is 82.4. The van der Waals surface area contributed by atoms with Gasteiger partial charge in [0, 0.05) is 0 Å². The van der Waals surface area contributed by atoms with E-state index in [4.69, 9.17) is 18.9 Å². The largest absolute Gasteiger partial charge is 0.479 e.